The van der Waals surface area contributed by atoms with E-state index in [-0.39, 0.29) is 0 Å². The second-order valence-electron chi connectivity index (χ2n) is 8.90. The van der Waals surface area contributed by atoms with E-state index in [1.165, 1.54) is 103 Å². The first kappa shape index (κ1) is 22.2. The van der Waals surface area contributed by atoms with Gasteiger partial charge in [-0.3, -0.25) is 0 Å². The molecule has 2 saturated heterocycles. The Morgan fingerprint density at radius 1 is 0.615 bits per heavy atom. The predicted octanol–water partition coefficient (Wildman–Crippen LogP) is 7.44. The zero-order valence-corrected chi connectivity index (χ0v) is 18.0. The minimum absolute atomic E-state index is 0.470. The van der Waals surface area contributed by atoms with Crippen molar-refractivity contribution in [1.82, 2.24) is 0 Å². The highest BCUT2D eigenvalue weighted by atomic mass is 16.5. The molecule has 2 heteroatoms. The topological polar surface area (TPSA) is 18.5 Å². The molecule has 0 saturated carbocycles. The summed E-state index contributed by atoms with van der Waals surface area (Å²) in [6, 6.07) is 0. The van der Waals surface area contributed by atoms with E-state index in [4.69, 9.17) is 9.47 Å². The first-order valence-electron chi connectivity index (χ1n) is 12.1. The predicted molar refractivity (Wildman–Crippen MR) is 112 cm³/mol. The lowest BCUT2D eigenvalue weighted by molar-refractivity contribution is -0.0649. The van der Waals surface area contributed by atoms with Gasteiger partial charge in [-0.2, -0.15) is 0 Å². The molecule has 0 aromatic rings. The van der Waals surface area contributed by atoms with Gasteiger partial charge in [-0.05, 0) is 44.9 Å². The van der Waals surface area contributed by atoms with Gasteiger partial charge in [0.1, 0.15) is 0 Å². The van der Waals surface area contributed by atoms with Gasteiger partial charge >= 0.3 is 0 Å². The molecule has 4 unspecified atom stereocenters. The van der Waals surface area contributed by atoms with Gasteiger partial charge in [0.25, 0.3) is 0 Å². The molecule has 0 spiro atoms. The van der Waals surface area contributed by atoms with Gasteiger partial charge in [0, 0.05) is 5.92 Å². The van der Waals surface area contributed by atoms with Crippen LogP contribution in [0.4, 0.5) is 0 Å². The van der Waals surface area contributed by atoms with Gasteiger partial charge in [-0.25, -0.2) is 0 Å². The van der Waals surface area contributed by atoms with Crippen molar-refractivity contribution in [2.24, 2.45) is 5.92 Å². The summed E-state index contributed by atoms with van der Waals surface area (Å²) in [6.07, 6.45) is 23.0. The lowest BCUT2D eigenvalue weighted by Gasteiger charge is -2.29. The molecule has 0 aliphatic carbocycles. The van der Waals surface area contributed by atoms with Crippen LogP contribution < -0.4 is 0 Å². The van der Waals surface area contributed by atoms with Gasteiger partial charge < -0.3 is 9.47 Å². The first-order chi connectivity index (χ1) is 12.8. The molecule has 0 aromatic carbocycles. The molecule has 2 aliphatic rings. The van der Waals surface area contributed by atoms with Crippen molar-refractivity contribution in [3.63, 3.8) is 0 Å². The third-order valence-corrected chi connectivity index (χ3v) is 6.64. The summed E-state index contributed by atoms with van der Waals surface area (Å²) in [5.41, 5.74) is 0. The van der Waals surface area contributed by atoms with Crippen molar-refractivity contribution in [3.05, 3.63) is 0 Å². The largest absolute Gasteiger partial charge is 0.375 e. The van der Waals surface area contributed by atoms with Gasteiger partial charge in [0.05, 0.1) is 24.4 Å². The molecular formula is C24H46O2. The van der Waals surface area contributed by atoms with E-state index in [9.17, 15) is 0 Å². The molecule has 154 valence electrons. The zero-order valence-electron chi connectivity index (χ0n) is 18.0. The average molecular weight is 367 g/mol. The molecule has 0 N–H and O–H groups in total. The van der Waals surface area contributed by atoms with Gasteiger partial charge in [0.2, 0.25) is 0 Å². The van der Waals surface area contributed by atoms with Crippen LogP contribution in [0.15, 0.2) is 0 Å². The summed E-state index contributed by atoms with van der Waals surface area (Å²) < 4.78 is 13.1. The van der Waals surface area contributed by atoms with E-state index in [0.717, 1.165) is 0 Å². The van der Waals surface area contributed by atoms with Crippen molar-refractivity contribution in [1.29, 1.82) is 0 Å². The second kappa shape index (κ2) is 13.2. The highest BCUT2D eigenvalue weighted by Crippen LogP contribution is 2.38. The van der Waals surface area contributed by atoms with Crippen LogP contribution in [0, 0.1) is 5.92 Å². The van der Waals surface area contributed by atoms with Crippen LogP contribution in [-0.2, 0) is 9.47 Å². The third-order valence-electron chi connectivity index (χ3n) is 6.64. The van der Waals surface area contributed by atoms with E-state index >= 15 is 0 Å². The minimum atomic E-state index is 0.470. The Labute approximate surface area is 163 Å². The molecule has 0 aromatic heterocycles. The average Bonchev–Trinajstić information content (AvgIpc) is 3.29. The Morgan fingerprint density at radius 3 is 1.54 bits per heavy atom. The normalized spacial score (nSPS) is 30.1. The Kier molecular flexibility index (Phi) is 11.2. The number of rotatable bonds is 14. The highest BCUT2D eigenvalue weighted by Gasteiger charge is 2.39. The highest BCUT2D eigenvalue weighted by molar-refractivity contribution is 4.88. The van der Waals surface area contributed by atoms with Crippen molar-refractivity contribution < 1.29 is 9.47 Å². The molecule has 0 amide bonds. The standard InChI is InChI=1S/C24H46O2/c1-4-7-10-13-20-16-18-23(25-20)22(15-12-9-6-3)24-19-17-21(26-24)14-11-8-5-2/h20-24H,4-19H2,1-3H3. The monoisotopic (exact) mass is 366 g/mol. The lowest BCUT2D eigenvalue weighted by atomic mass is 9.87. The zero-order chi connectivity index (χ0) is 18.6. The Hall–Kier alpha value is -0.0800. The number of hydrogen-bond donors (Lipinski definition) is 0. The fourth-order valence-corrected chi connectivity index (χ4v) is 5.01. The van der Waals surface area contributed by atoms with Crippen molar-refractivity contribution in [3.8, 4) is 0 Å². The summed E-state index contributed by atoms with van der Waals surface area (Å²) in [4.78, 5) is 0. The molecule has 4 atom stereocenters. The van der Waals surface area contributed by atoms with E-state index in [1.807, 2.05) is 0 Å². The van der Waals surface area contributed by atoms with E-state index in [1.54, 1.807) is 0 Å². The molecule has 0 radical (unpaired) electrons. The van der Waals surface area contributed by atoms with Crippen molar-refractivity contribution in [2.75, 3.05) is 0 Å². The SMILES string of the molecule is CCCCCC1CCC(C(CCCCC)C2CCC(CCCCC)O2)O1. The van der Waals surface area contributed by atoms with Gasteiger partial charge in [-0.15, -0.1) is 0 Å². The maximum Gasteiger partial charge on any atom is 0.0632 e. The van der Waals surface area contributed by atoms with Gasteiger partial charge in [-0.1, -0.05) is 78.6 Å². The quantitative estimate of drug-likeness (QED) is 0.297. The number of hydrogen-bond acceptors (Lipinski definition) is 2. The summed E-state index contributed by atoms with van der Waals surface area (Å²) in [5.74, 6) is 0.647. The van der Waals surface area contributed by atoms with E-state index in [0.29, 0.717) is 30.3 Å². The summed E-state index contributed by atoms with van der Waals surface area (Å²) in [6.45, 7) is 6.88. The Bertz CT molecular complexity index is 315. The maximum atomic E-state index is 6.57. The Morgan fingerprint density at radius 2 is 1.08 bits per heavy atom. The van der Waals surface area contributed by atoms with Crippen LogP contribution in [0.5, 0.6) is 0 Å². The lowest BCUT2D eigenvalue weighted by Crippen LogP contribution is -2.32. The molecule has 2 fully saturated rings. The summed E-state index contributed by atoms with van der Waals surface area (Å²) >= 11 is 0. The molecule has 2 aliphatic heterocycles. The molecule has 2 nitrogen and oxygen atoms in total. The molecule has 26 heavy (non-hydrogen) atoms. The van der Waals surface area contributed by atoms with Gasteiger partial charge in [0.15, 0.2) is 0 Å². The minimum Gasteiger partial charge on any atom is -0.375 e. The fraction of sp³-hybridized carbons (Fsp3) is 1.00. The van der Waals surface area contributed by atoms with Crippen LogP contribution in [0.1, 0.15) is 124 Å². The number of unbranched alkanes of at least 4 members (excludes halogenated alkanes) is 6. The second-order valence-corrected chi connectivity index (χ2v) is 8.90. The molecular weight excluding hydrogens is 320 g/mol. The van der Waals surface area contributed by atoms with E-state index < -0.39 is 0 Å². The van der Waals surface area contributed by atoms with Crippen molar-refractivity contribution >= 4 is 0 Å². The van der Waals surface area contributed by atoms with E-state index in [2.05, 4.69) is 20.8 Å². The molecule has 2 rings (SSSR count). The van der Waals surface area contributed by atoms with Crippen LogP contribution in [0.2, 0.25) is 0 Å². The van der Waals surface area contributed by atoms with Crippen LogP contribution in [-0.4, -0.2) is 24.4 Å². The fourth-order valence-electron chi connectivity index (χ4n) is 5.01. The molecule has 0 bridgehead atoms. The Balaban J connectivity index is 1.82. The number of ether oxygens (including phenoxy) is 2. The van der Waals surface area contributed by atoms with Crippen LogP contribution >= 0.6 is 0 Å². The smallest absolute Gasteiger partial charge is 0.0632 e. The van der Waals surface area contributed by atoms with Crippen molar-refractivity contribution in [2.45, 2.75) is 148 Å². The third kappa shape index (κ3) is 7.50. The van der Waals surface area contributed by atoms with Crippen LogP contribution in [0.3, 0.4) is 0 Å². The maximum absolute atomic E-state index is 6.57. The first-order valence-corrected chi connectivity index (χ1v) is 12.1. The summed E-state index contributed by atoms with van der Waals surface area (Å²) in [7, 11) is 0. The molecule has 2 heterocycles. The van der Waals surface area contributed by atoms with Crippen LogP contribution in [0.25, 0.3) is 0 Å². The summed E-state index contributed by atoms with van der Waals surface area (Å²) in [5, 5.41) is 0.